The molecule has 122 valence electrons. The first-order chi connectivity index (χ1) is 11.3. The number of benzene rings is 2. The van der Waals surface area contributed by atoms with E-state index in [1.54, 1.807) is 0 Å². The number of nitrogens with one attached hydrogen (secondary N) is 1. The molecule has 0 aliphatic carbocycles. The van der Waals surface area contributed by atoms with E-state index in [4.69, 9.17) is 0 Å². The molecule has 11 heteroatoms. The Morgan fingerprint density at radius 1 is 1.08 bits per heavy atom. The van der Waals surface area contributed by atoms with Crippen molar-refractivity contribution in [2.24, 2.45) is 0 Å². The van der Waals surface area contributed by atoms with E-state index in [0.717, 1.165) is 32.3 Å². The lowest BCUT2D eigenvalue weighted by Gasteiger charge is -2.00. The van der Waals surface area contributed by atoms with Crippen LogP contribution in [0.25, 0.3) is 11.0 Å². The Hall–Kier alpha value is -1.98. The number of hydrogen-bond acceptors (Lipinski definition) is 6. The molecular formula is C13H6Br2N4O4S. The van der Waals surface area contributed by atoms with E-state index < -0.39 is 9.85 Å². The predicted molar refractivity (Wildman–Crippen MR) is 95.4 cm³/mol. The maximum Gasteiger partial charge on any atom is 0.290 e. The minimum Gasteiger partial charge on any atom is -0.333 e. The van der Waals surface area contributed by atoms with Gasteiger partial charge in [0.15, 0.2) is 5.16 Å². The molecule has 1 heterocycles. The lowest BCUT2D eigenvalue weighted by molar-refractivity contribution is -0.396. The van der Waals surface area contributed by atoms with Crippen molar-refractivity contribution in [1.29, 1.82) is 0 Å². The molecule has 3 aromatic rings. The van der Waals surface area contributed by atoms with E-state index in [2.05, 4.69) is 41.8 Å². The van der Waals surface area contributed by atoms with Crippen molar-refractivity contribution >= 4 is 66.0 Å². The van der Waals surface area contributed by atoms with Crippen LogP contribution in [0.1, 0.15) is 0 Å². The van der Waals surface area contributed by atoms with Gasteiger partial charge in [0.2, 0.25) is 0 Å². The first-order valence-electron chi connectivity index (χ1n) is 6.30. The molecular weight excluding hydrogens is 468 g/mol. The molecule has 24 heavy (non-hydrogen) atoms. The minimum absolute atomic E-state index is 0.264. The fourth-order valence-electron chi connectivity index (χ4n) is 2.02. The second-order valence-electron chi connectivity index (χ2n) is 4.59. The summed E-state index contributed by atoms with van der Waals surface area (Å²) >= 11 is 7.81. The number of halogens is 2. The average molecular weight is 474 g/mol. The van der Waals surface area contributed by atoms with Gasteiger partial charge in [-0.15, -0.1) is 0 Å². The fourth-order valence-corrected chi connectivity index (χ4v) is 4.21. The first-order valence-corrected chi connectivity index (χ1v) is 8.71. The van der Waals surface area contributed by atoms with Crippen molar-refractivity contribution in [3.8, 4) is 0 Å². The Kier molecular flexibility index (Phi) is 4.56. The van der Waals surface area contributed by atoms with Gasteiger partial charge in [0, 0.05) is 15.0 Å². The molecule has 0 saturated heterocycles. The quantitative estimate of drug-likeness (QED) is 0.418. The van der Waals surface area contributed by atoms with Crippen molar-refractivity contribution in [3.63, 3.8) is 0 Å². The molecule has 0 fully saturated rings. The van der Waals surface area contributed by atoms with Crippen LogP contribution in [0.15, 0.2) is 49.3 Å². The number of non-ortho nitro benzene ring substituents is 1. The van der Waals surface area contributed by atoms with Crippen LogP contribution in [-0.2, 0) is 0 Å². The van der Waals surface area contributed by atoms with Gasteiger partial charge in [0.25, 0.3) is 11.4 Å². The summed E-state index contributed by atoms with van der Waals surface area (Å²) in [7, 11) is 0. The highest BCUT2D eigenvalue weighted by Crippen LogP contribution is 2.37. The van der Waals surface area contributed by atoms with Crippen LogP contribution in [0, 0.1) is 20.2 Å². The summed E-state index contributed by atoms with van der Waals surface area (Å²) in [6, 6.07) is 7.19. The van der Waals surface area contributed by atoms with Gasteiger partial charge in [-0.2, -0.15) is 0 Å². The lowest BCUT2D eigenvalue weighted by Crippen LogP contribution is -1.94. The van der Waals surface area contributed by atoms with Crippen molar-refractivity contribution in [1.82, 2.24) is 9.97 Å². The van der Waals surface area contributed by atoms with Gasteiger partial charge >= 0.3 is 0 Å². The number of nitro groups is 2. The number of hydrogen-bond donors (Lipinski definition) is 1. The zero-order valence-corrected chi connectivity index (χ0v) is 15.5. The van der Waals surface area contributed by atoms with E-state index in [9.17, 15) is 20.2 Å². The van der Waals surface area contributed by atoms with Crippen LogP contribution in [-0.4, -0.2) is 19.8 Å². The Morgan fingerprint density at radius 2 is 1.83 bits per heavy atom. The molecule has 0 amide bonds. The SMILES string of the molecule is O=[N+]([O-])c1ccc(Sc2nc3c(Br)cc(Br)cc3[nH]2)c([N+](=O)[O-])c1. The fraction of sp³-hybridized carbons (Fsp3) is 0. The first kappa shape index (κ1) is 16.9. The monoisotopic (exact) mass is 472 g/mol. The number of aromatic nitrogens is 2. The molecule has 2 aromatic carbocycles. The number of fused-ring (bicyclic) bond motifs is 1. The molecule has 1 aromatic heterocycles. The third-order valence-corrected chi connectivity index (χ3v) is 5.05. The molecule has 8 nitrogen and oxygen atoms in total. The standard InChI is InChI=1S/C13H6Br2N4O4S/c14-6-3-8(15)12-9(4-6)16-13(17-12)24-11-2-1-7(18(20)21)5-10(11)19(22)23/h1-5H,(H,16,17). The minimum atomic E-state index is -0.669. The van der Waals surface area contributed by atoms with Gasteiger partial charge in [-0.05, 0) is 45.9 Å². The van der Waals surface area contributed by atoms with E-state index in [1.165, 1.54) is 12.1 Å². The summed E-state index contributed by atoms with van der Waals surface area (Å²) in [5, 5.41) is 22.4. The average Bonchev–Trinajstić information content (AvgIpc) is 2.89. The van der Waals surface area contributed by atoms with Crippen LogP contribution in [0.4, 0.5) is 11.4 Å². The van der Waals surface area contributed by atoms with Gasteiger partial charge in [0.05, 0.1) is 26.3 Å². The van der Waals surface area contributed by atoms with Crippen LogP contribution in [0.3, 0.4) is 0 Å². The second kappa shape index (κ2) is 6.49. The van der Waals surface area contributed by atoms with Gasteiger partial charge in [-0.3, -0.25) is 20.2 Å². The van der Waals surface area contributed by atoms with Crippen LogP contribution in [0.2, 0.25) is 0 Å². The molecule has 0 saturated carbocycles. The largest absolute Gasteiger partial charge is 0.333 e. The molecule has 0 aliphatic rings. The van der Waals surface area contributed by atoms with Crippen LogP contribution >= 0.6 is 43.6 Å². The van der Waals surface area contributed by atoms with E-state index >= 15 is 0 Å². The van der Waals surface area contributed by atoms with Crippen molar-refractivity contribution < 1.29 is 9.85 Å². The Morgan fingerprint density at radius 3 is 2.50 bits per heavy atom. The van der Waals surface area contributed by atoms with Crippen LogP contribution < -0.4 is 0 Å². The zero-order valence-electron chi connectivity index (χ0n) is 11.5. The summed E-state index contributed by atoms with van der Waals surface area (Å²) in [5.41, 5.74) is 0.769. The maximum atomic E-state index is 11.2. The van der Waals surface area contributed by atoms with Gasteiger partial charge in [0.1, 0.15) is 5.52 Å². The van der Waals surface area contributed by atoms with Crippen molar-refractivity contribution in [2.75, 3.05) is 0 Å². The molecule has 0 atom stereocenters. The third kappa shape index (κ3) is 3.28. The summed E-state index contributed by atoms with van der Waals surface area (Å²) in [6.07, 6.45) is 0. The smallest absolute Gasteiger partial charge is 0.290 e. The predicted octanol–water partition coefficient (Wildman–Crippen LogP) is 5.06. The van der Waals surface area contributed by atoms with E-state index in [-0.39, 0.29) is 16.3 Å². The summed E-state index contributed by atoms with van der Waals surface area (Å²) in [5.74, 6) is 0. The topological polar surface area (TPSA) is 115 Å². The second-order valence-corrected chi connectivity index (χ2v) is 7.39. The highest BCUT2D eigenvalue weighted by atomic mass is 79.9. The number of nitrogens with zero attached hydrogens (tertiary/aromatic N) is 3. The number of rotatable bonds is 4. The normalized spacial score (nSPS) is 10.9. The molecule has 0 unspecified atom stereocenters. The van der Waals surface area contributed by atoms with Crippen molar-refractivity contribution in [3.05, 3.63) is 59.5 Å². The van der Waals surface area contributed by atoms with E-state index in [0.29, 0.717) is 10.7 Å². The Bertz CT molecular complexity index is 992. The zero-order chi connectivity index (χ0) is 17.4. The van der Waals surface area contributed by atoms with Gasteiger partial charge in [-0.25, -0.2) is 4.98 Å². The molecule has 1 N–H and O–H groups in total. The van der Waals surface area contributed by atoms with Crippen molar-refractivity contribution in [2.45, 2.75) is 10.1 Å². The number of imidazole rings is 1. The molecule has 0 radical (unpaired) electrons. The van der Waals surface area contributed by atoms with Gasteiger partial charge < -0.3 is 4.98 Å². The molecule has 0 spiro atoms. The highest BCUT2D eigenvalue weighted by Gasteiger charge is 2.21. The maximum absolute atomic E-state index is 11.2. The number of aromatic amines is 1. The highest BCUT2D eigenvalue weighted by molar-refractivity contribution is 9.11. The summed E-state index contributed by atoms with van der Waals surface area (Å²) < 4.78 is 1.62. The summed E-state index contributed by atoms with van der Waals surface area (Å²) in [4.78, 5) is 28.4. The number of nitro benzene ring substituents is 2. The van der Waals surface area contributed by atoms with Gasteiger partial charge in [-0.1, -0.05) is 15.9 Å². The molecule has 0 aliphatic heterocycles. The Labute approximate surface area is 155 Å². The van der Waals surface area contributed by atoms with E-state index in [1.807, 2.05) is 12.1 Å². The molecule has 3 rings (SSSR count). The molecule has 0 bridgehead atoms. The third-order valence-electron chi connectivity index (χ3n) is 3.04. The Balaban J connectivity index is 2.03. The lowest BCUT2D eigenvalue weighted by atomic mass is 10.3. The number of H-pyrrole nitrogens is 1. The summed E-state index contributed by atoms with van der Waals surface area (Å²) in [6.45, 7) is 0. The van der Waals surface area contributed by atoms with Crippen LogP contribution in [0.5, 0.6) is 0 Å².